The van der Waals surface area contributed by atoms with E-state index >= 15 is 0 Å². The molecule has 6 heteroatoms. The standard InChI is InChI=1S/C27H28FN3O2/c1-33-22-13-11-20(12-14-22)26-23(27(32)31(26)21-7-3-2-4-8-21)19-29-15-17-30(18-16-29)25-10-6-5-9-24(25)28/h2-14,23,26H,15-19H2,1H3/t23-,26-/m1/s1. The summed E-state index contributed by atoms with van der Waals surface area (Å²) in [5.41, 5.74) is 2.68. The molecule has 2 heterocycles. The third kappa shape index (κ3) is 4.18. The molecule has 0 N–H and O–H groups in total. The van der Waals surface area contributed by atoms with Gasteiger partial charge >= 0.3 is 0 Å². The topological polar surface area (TPSA) is 36.0 Å². The number of methoxy groups -OCH3 is 1. The highest BCUT2D eigenvalue weighted by molar-refractivity contribution is 6.03. The Kier molecular flexibility index (Phi) is 6.01. The summed E-state index contributed by atoms with van der Waals surface area (Å²) < 4.78 is 19.5. The van der Waals surface area contributed by atoms with Crippen molar-refractivity contribution in [3.8, 4) is 5.75 Å². The zero-order chi connectivity index (χ0) is 22.8. The fourth-order valence-corrected chi connectivity index (χ4v) is 4.94. The van der Waals surface area contributed by atoms with Crippen molar-refractivity contribution in [1.29, 1.82) is 0 Å². The van der Waals surface area contributed by atoms with Crippen LogP contribution in [0.3, 0.4) is 0 Å². The lowest BCUT2D eigenvalue weighted by atomic mass is 9.81. The van der Waals surface area contributed by atoms with Crippen LogP contribution in [0.2, 0.25) is 0 Å². The van der Waals surface area contributed by atoms with E-state index in [1.54, 1.807) is 13.2 Å². The molecule has 0 radical (unpaired) electrons. The van der Waals surface area contributed by atoms with Gasteiger partial charge in [-0.15, -0.1) is 0 Å². The molecule has 3 aromatic rings. The van der Waals surface area contributed by atoms with Crippen LogP contribution in [0.25, 0.3) is 0 Å². The van der Waals surface area contributed by atoms with Gasteiger partial charge in [0.05, 0.1) is 24.8 Å². The lowest BCUT2D eigenvalue weighted by Gasteiger charge is -2.49. The molecule has 5 nitrogen and oxygen atoms in total. The number of rotatable bonds is 6. The molecule has 0 spiro atoms. The lowest BCUT2D eigenvalue weighted by molar-refractivity contribution is -0.131. The van der Waals surface area contributed by atoms with Crippen molar-refractivity contribution in [3.63, 3.8) is 0 Å². The van der Waals surface area contributed by atoms with Crippen LogP contribution in [-0.4, -0.2) is 50.6 Å². The van der Waals surface area contributed by atoms with Gasteiger partial charge in [0.25, 0.3) is 0 Å². The van der Waals surface area contributed by atoms with E-state index in [9.17, 15) is 9.18 Å². The molecule has 3 aromatic carbocycles. The Morgan fingerprint density at radius 3 is 2.21 bits per heavy atom. The summed E-state index contributed by atoms with van der Waals surface area (Å²) in [5, 5.41) is 0. The molecule has 2 atom stereocenters. The first-order valence-corrected chi connectivity index (χ1v) is 11.4. The smallest absolute Gasteiger partial charge is 0.234 e. The van der Waals surface area contributed by atoms with E-state index in [0.29, 0.717) is 12.2 Å². The Labute approximate surface area is 194 Å². The van der Waals surface area contributed by atoms with Gasteiger partial charge in [0.15, 0.2) is 0 Å². The lowest BCUT2D eigenvalue weighted by Crippen LogP contribution is -2.60. The van der Waals surface area contributed by atoms with Crippen molar-refractivity contribution in [1.82, 2.24) is 4.90 Å². The van der Waals surface area contributed by atoms with E-state index in [1.807, 2.05) is 59.5 Å². The van der Waals surface area contributed by atoms with Crippen LogP contribution in [-0.2, 0) is 4.79 Å². The highest BCUT2D eigenvalue weighted by Crippen LogP contribution is 2.44. The number of amides is 1. The average Bonchev–Trinajstić information content (AvgIpc) is 2.87. The predicted octanol–water partition coefficient (Wildman–Crippen LogP) is 4.36. The third-order valence-corrected chi connectivity index (χ3v) is 6.73. The van der Waals surface area contributed by atoms with Gasteiger partial charge in [0.2, 0.25) is 5.91 Å². The summed E-state index contributed by atoms with van der Waals surface area (Å²) in [4.78, 5) is 19.6. The number of β-lactam (4-membered cyclic amide) rings is 1. The molecule has 0 unspecified atom stereocenters. The quantitative estimate of drug-likeness (QED) is 0.528. The van der Waals surface area contributed by atoms with E-state index in [2.05, 4.69) is 21.9 Å². The van der Waals surface area contributed by atoms with Gasteiger partial charge in [-0.25, -0.2) is 4.39 Å². The molecule has 2 saturated heterocycles. The Morgan fingerprint density at radius 2 is 1.55 bits per heavy atom. The number of benzene rings is 3. The molecule has 0 aromatic heterocycles. The van der Waals surface area contributed by atoms with Crippen LogP contribution in [0.15, 0.2) is 78.9 Å². The first-order chi connectivity index (χ1) is 16.2. The molecule has 2 fully saturated rings. The monoisotopic (exact) mass is 445 g/mol. The molecule has 0 saturated carbocycles. The second kappa shape index (κ2) is 9.24. The second-order valence-electron chi connectivity index (χ2n) is 8.61. The number of hydrogen-bond acceptors (Lipinski definition) is 4. The zero-order valence-corrected chi connectivity index (χ0v) is 18.7. The number of piperazine rings is 1. The van der Waals surface area contributed by atoms with Crippen molar-refractivity contribution in [2.24, 2.45) is 5.92 Å². The average molecular weight is 446 g/mol. The largest absolute Gasteiger partial charge is 0.497 e. The fourth-order valence-electron chi connectivity index (χ4n) is 4.94. The SMILES string of the molecule is COc1ccc([C@@H]2[C@@H](CN3CCN(c4ccccc4F)CC3)C(=O)N2c2ccccc2)cc1. The summed E-state index contributed by atoms with van der Waals surface area (Å²) in [6.45, 7) is 3.80. The molecule has 1 amide bonds. The Hall–Kier alpha value is -3.38. The molecule has 0 aliphatic carbocycles. The van der Waals surface area contributed by atoms with Crippen molar-refractivity contribution in [2.45, 2.75) is 6.04 Å². The highest BCUT2D eigenvalue weighted by atomic mass is 19.1. The van der Waals surface area contributed by atoms with Crippen LogP contribution in [0, 0.1) is 11.7 Å². The van der Waals surface area contributed by atoms with Crippen LogP contribution in [0.5, 0.6) is 5.75 Å². The van der Waals surface area contributed by atoms with Gasteiger partial charge in [0.1, 0.15) is 11.6 Å². The van der Waals surface area contributed by atoms with Crippen molar-refractivity contribution in [2.75, 3.05) is 49.6 Å². The highest BCUT2D eigenvalue weighted by Gasteiger charge is 2.49. The van der Waals surface area contributed by atoms with Gasteiger partial charge in [-0.1, -0.05) is 42.5 Å². The molecule has 33 heavy (non-hydrogen) atoms. The summed E-state index contributed by atoms with van der Waals surface area (Å²) in [5.74, 6) is 0.659. The van der Waals surface area contributed by atoms with E-state index in [0.717, 1.165) is 43.2 Å². The maximum absolute atomic E-state index is 14.2. The van der Waals surface area contributed by atoms with Crippen molar-refractivity contribution < 1.29 is 13.9 Å². The number of hydrogen-bond donors (Lipinski definition) is 0. The summed E-state index contributed by atoms with van der Waals surface area (Å²) >= 11 is 0. The molecule has 170 valence electrons. The number of halogens is 1. The maximum atomic E-state index is 14.2. The van der Waals surface area contributed by atoms with E-state index < -0.39 is 0 Å². The van der Waals surface area contributed by atoms with E-state index in [4.69, 9.17) is 4.74 Å². The van der Waals surface area contributed by atoms with Gasteiger partial charge in [0, 0.05) is 38.4 Å². The molecular weight excluding hydrogens is 417 g/mol. The van der Waals surface area contributed by atoms with Gasteiger partial charge in [-0.3, -0.25) is 9.69 Å². The maximum Gasteiger partial charge on any atom is 0.234 e. The van der Waals surface area contributed by atoms with E-state index in [-0.39, 0.29) is 23.7 Å². The zero-order valence-electron chi connectivity index (χ0n) is 18.7. The number of ether oxygens (including phenoxy) is 1. The summed E-state index contributed by atoms with van der Waals surface area (Å²) in [7, 11) is 1.65. The van der Waals surface area contributed by atoms with Crippen LogP contribution in [0.4, 0.5) is 15.8 Å². The minimum Gasteiger partial charge on any atom is -0.497 e. The second-order valence-corrected chi connectivity index (χ2v) is 8.61. The van der Waals surface area contributed by atoms with Gasteiger partial charge in [-0.05, 0) is 42.0 Å². The minimum absolute atomic E-state index is 0.0181. The Morgan fingerprint density at radius 1 is 0.879 bits per heavy atom. The Bertz CT molecular complexity index is 1100. The number of para-hydroxylation sites is 2. The van der Waals surface area contributed by atoms with Crippen LogP contribution < -0.4 is 14.5 Å². The number of anilines is 2. The van der Waals surface area contributed by atoms with E-state index in [1.165, 1.54) is 6.07 Å². The van der Waals surface area contributed by atoms with Gasteiger partial charge < -0.3 is 14.5 Å². The number of nitrogens with zero attached hydrogens (tertiary/aromatic N) is 3. The van der Waals surface area contributed by atoms with Crippen molar-refractivity contribution in [3.05, 3.63) is 90.2 Å². The first kappa shape index (κ1) is 21.5. The fraction of sp³-hybridized carbons (Fsp3) is 0.296. The normalized spacial score (nSPS) is 21.1. The number of carbonyl (C=O) groups is 1. The minimum atomic E-state index is -0.182. The third-order valence-electron chi connectivity index (χ3n) is 6.73. The molecule has 2 aliphatic rings. The first-order valence-electron chi connectivity index (χ1n) is 11.4. The predicted molar refractivity (Wildman–Crippen MR) is 128 cm³/mol. The summed E-state index contributed by atoms with van der Waals surface area (Å²) in [6.07, 6.45) is 0. The summed E-state index contributed by atoms with van der Waals surface area (Å²) in [6, 6.07) is 24.8. The molecule has 5 rings (SSSR count). The number of carbonyl (C=O) groups excluding carboxylic acids is 1. The molecule has 0 bridgehead atoms. The Balaban J connectivity index is 1.31. The van der Waals surface area contributed by atoms with Gasteiger partial charge in [-0.2, -0.15) is 0 Å². The van der Waals surface area contributed by atoms with Crippen molar-refractivity contribution >= 4 is 17.3 Å². The molecular formula is C27H28FN3O2. The van der Waals surface area contributed by atoms with Crippen LogP contribution in [0.1, 0.15) is 11.6 Å². The molecule has 2 aliphatic heterocycles. The van der Waals surface area contributed by atoms with Crippen LogP contribution >= 0.6 is 0 Å².